The van der Waals surface area contributed by atoms with Gasteiger partial charge in [0.15, 0.2) is 5.75 Å². The zero-order valence-corrected chi connectivity index (χ0v) is 11.6. The number of ether oxygens (including phenoxy) is 2. The van der Waals surface area contributed by atoms with Crippen molar-refractivity contribution in [3.63, 3.8) is 0 Å². The van der Waals surface area contributed by atoms with Crippen LogP contribution in [0, 0.1) is 11.3 Å². The minimum Gasteiger partial charge on any atom is -0.495 e. The van der Waals surface area contributed by atoms with Gasteiger partial charge in [-0.05, 0) is 29.8 Å². The fraction of sp³-hybridized carbons (Fsp3) is 0.133. The van der Waals surface area contributed by atoms with E-state index in [1.165, 1.54) is 7.11 Å². The largest absolute Gasteiger partial charge is 0.495 e. The number of nitrogens with two attached hydrogens (primary N) is 1. The van der Waals surface area contributed by atoms with Gasteiger partial charge in [-0.3, -0.25) is 0 Å². The molecule has 0 fully saturated rings. The van der Waals surface area contributed by atoms with Crippen LogP contribution in [0.3, 0.4) is 0 Å². The summed E-state index contributed by atoms with van der Waals surface area (Å²) in [5.41, 5.74) is 7.58. The van der Waals surface area contributed by atoms with Crippen molar-refractivity contribution in [1.29, 1.82) is 5.26 Å². The third-order valence-corrected chi connectivity index (χ3v) is 3.06. The Bertz CT molecular complexity index is 645. The Morgan fingerprint density at radius 2 is 2.10 bits per heavy atom. The van der Waals surface area contributed by atoms with Crippen LogP contribution in [-0.4, -0.2) is 7.11 Å². The number of benzene rings is 2. The average molecular weight is 289 g/mol. The van der Waals surface area contributed by atoms with Gasteiger partial charge >= 0.3 is 0 Å². The molecular weight excluding hydrogens is 276 g/mol. The van der Waals surface area contributed by atoms with Crippen molar-refractivity contribution in [3.05, 3.63) is 52.5 Å². The maximum Gasteiger partial charge on any atom is 0.161 e. The van der Waals surface area contributed by atoms with Crippen LogP contribution in [0.15, 0.2) is 36.4 Å². The standard InChI is InChI=1S/C15H13ClN2O2/c1-19-14-6-5-10(7-11(14)8-17)9-20-15-12(16)3-2-4-13(15)18/h2-7H,9,18H2,1H3. The van der Waals surface area contributed by atoms with E-state index in [1.54, 1.807) is 30.3 Å². The number of hydrogen-bond acceptors (Lipinski definition) is 4. The topological polar surface area (TPSA) is 68.3 Å². The molecule has 0 aliphatic heterocycles. The van der Waals surface area contributed by atoms with Gasteiger partial charge in [0.1, 0.15) is 18.4 Å². The summed E-state index contributed by atoms with van der Waals surface area (Å²) in [4.78, 5) is 0. The smallest absolute Gasteiger partial charge is 0.161 e. The highest BCUT2D eigenvalue weighted by Gasteiger charge is 2.08. The molecule has 0 aliphatic rings. The Morgan fingerprint density at radius 1 is 1.30 bits per heavy atom. The van der Waals surface area contributed by atoms with E-state index in [2.05, 4.69) is 6.07 Å². The number of hydrogen-bond donors (Lipinski definition) is 1. The zero-order valence-electron chi connectivity index (χ0n) is 10.9. The molecule has 0 atom stereocenters. The van der Waals surface area contributed by atoms with E-state index < -0.39 is 0 Å². The first kappa shape index (κ1) is 14.0. The Labute approximate surface area is 122 Å². The summed E-state index contributed by atoms with van der Waals surface area (Å²) in [5, 5.41) is 9.49. The molecule has 0 amide bonds. The van der Waals surface area contributed by atoms with Crippen molar-refractivity contribution in [1.82, 2.24) is 0 Å². The molecule has 0 saturated carbocycles. The lowest BCUT2D eigenvalue weighted by Gasteiger charge is -2.11. The molecule has 0 spiro atoms. The summed E-state index contributed by atoms with van der Waals surface area (Å²) >= 11 is 6.02. The normalized spacial score (nSPS) is 9.85. The number of anilines is 1. The third-order valence-electron chi connectivity index (χ3n) is 2.76. The van der Waals surface area contributed by atoms with Gasteiger partial charge in [0.05, 0.1) is 23.4 Å². The van der Waals surface area contributed by atoms with E-state index in [-0.39, 0.29) is 6.61 Å². The molecule has 0 aromatic heterocycles. The summed E-state index contributed by atoms with van der Waals surface area (Å²) in [6.45, 7) is 0.270. The van der Waals surface area contributed by atoms with E-state index in [0.717, 1.165) is 5.56 Å². The number of nitrogens with zero attached hydrogens (tertiary/aromatic N) is 1. The second kappa shape index (κ2) is 6.18. The minimum absolute atomic E-state index is 0.270. The van der Waals surface area contributed by atoms with Crippen LogP contribution in [-0.2, 0) is 6.61 Å². The van der Waals surface area contributed by atoms with Gasteiger partial charge in [-0.2, -0.15) is 5.26 Å². The first-order valence-corrected chi connectivity index (χ1v) is 6.27. The van der Waals surface area contributed by atoms with Gasteiger partial charge in [-0.15, -0.1) is 0 Å². The SMILES string of the molecule is COc1ccc(COc2c(N)cccc2Cl)cc1C#N. The predicted molar refractivity (Wildman–Crippen MR) is 77.9 cm³/mol. The lowest BCUT2D eigenvalue weighted by Crippen LogP contribution is -2.00. The molecule has 0 bridgehead atoms. The molecule has 102 valence electrons. The van der Waals surface area contributed by atoms with Crippen molar-refractivity contribution < 1.29 is 9.47 Å². The number of methoxy groups -OCH3 is 1. The van der Waals surface area contributed by atoms with Gasteiger partial charge in [0.25, 0.3) is 0 Å². The van der Waals surface area contributed by atoms with Gasteiger partial charge in [-0.1, -0.05) is 23.7 Å². The average Bonchev–Trinajstić information content (AvgIpc) is 2.46. The summed E-state index contributed by atoms with van der Waals surface area (Å²) in [7, 11) is 1.52. The molecule has 2 aromatic carbocycles. The van der Waals surface area contributed by atoms with Crippen LogP contribution in [0.25, 0.3) is 0 Å². The molecule has 5 heteroatoms. The molecule has 0 aliphatic carbocycles. The Hall–Kier alpha value is -2.38. The van der Waals surface area contributed by atoms with Crippen LogP contribution in [0.4, 0.5) is 5.69 Å². The highest BCUT2D eigenvalue weighted by molar-refractivity contribution is 6.32. The first-order valence-electron chi connectivity index (χ1n) is 5.89. The Kier molecular flexibility index (Phi) is 4.34. The van der Waals surface area contributed by atoms with Crippen LogP contribution in [0.2, 0.25) is 5.02 Å². The number of rotatable bonds is 4. The second-order valence-corrected chi connectivity index (χ2v) is 4.50. The molecule has 4 nitrogen and oxygen atoms in total. The molecule has 2 aromatic rings. The molecule has 0 unspecified atom stereocenters. The molecule has 0 radical (unpaired) electrons. The quantitative estimate of drug-likeness (QED) is 0.876. The third kappa shape index (κ3) is 2.95. The molecule has 2 rings (SSSR count). The molecule has 2 N–H and O–H groups in total. The van der Waals surface area contributed by atoms with Crippen molar-refractivity contribution in [2.24, 2.45) is 0 Å². The van der Waals surface area contributed by atoms with Gasteiger partial charge < -0.3 is 15.2 Å². The summed E-state index contributed by atoms with van der Waals surface area (Å²) in [5.74, 6) is 0.983. The highest BCUT2D eigenvalue weighted by Crippen LogP contribution is 2.31. The fourth-order valence-electron chi connectivity index (χ4n) is 1.77. The van der Waals surface area contributed by atoms with Crippen LogP contribution in [0.1, 0.15) is 11.1 Å². The van der Waals surface area contributed by atoms with Gasteiger partial charge in [-0.25, -0.2) is 0 Å². The maximum absolute atomic E-state index is 9.04. The highest BCUT2D eigenvalue weighted by atomic mass is 35.5. The van der Waals surface area contributed by atoms with Crippen molar-refractivity contribution in [2.75, 3.05) is 12.8 Å². The van der Waals surface area contributed by atoms with Gasteiger partial charge in [0.2, 0.25) is 0 Å². The second-order valence-electron chi connectivity index (χ2n) is 4.09. The molecular formula is C15H13ClN2O2. The predicted octanol–water partition coefficient (Wildman–Crippen LogP) is 3.38. The maximum atomic E-state index is 9.04. The van der Waals surface area contributed by atoms with Crippen molar-refractivity contribution >= 4 is 17.3 Å². The molecule has 0 heterocycles. The van der Waals surface area contributed by atoms with E-state index in [4.69, 9.17) is 32.1 Å². The van der Waals surface area contributed by atoms with Crippen molar-refractivity contribution in [2.45, 2.75) is 6.61 Å². The first-order chi connectivity index (χ1) is 9.65. The Balaban J connectivity index is 2.18. The van der Waals surface area contributed by atoms with E-state index in [1.807, 2.05) is 6.07 Å². The number of nitriles is 1. The number of para-hydroxylation sites is 1. The summed E-state index contributed by atoms with van der Waals surface area (Å²) < 4.78 is 10.7. The van der Waals surface area contributed by atoms with Crippen LogP contribution in [0.5, 0.6) is 11.5 Å². The van der Waals surface area contributed by atoms with Crippen molar-refractivity contribution in [3.8, 4) is 17.6 Å². The Morgan fingerprint density at radius 3 is 2.75 bits per heavy atom. The summed E-state index contributed by atoms with van der Waals surface area (Å²) in [6.07, 6.45) is 0. The monoisotopic (exact) mass is 288 g/mol. The van der Waals surface area contributed by atoms with Gasteiger partial charge in [0, 0.05) is 0 Å². The molecule has 20 heavy (non-hydrogen) atoms. The van der Waals surface area contributed by atoms with E-state index >= 15 is 0 Å². The lowest BCUT2D eigenvalue weighted by atomic mass is 10.1. The van der Waals surface area contributed by atoms with Crippen LogP contribution < -0.4 is 15.2 Å². The fourth-order valence-corrected chi connectivity index (χ4v) is 2.00. The zero-order chi connectivity index (χ0) is 14.5. The minimum atomic E-state index is 0.270. The lowest BCUT2D eigenvalue weighted by molar-refractivity contribution is 0.308. The van der Waals surface area contributed by atoms with E-state index in [9.17, 15) is 0 Å². The number of nitrogen functional groups attached to an aromatic ring is 1. The van der Waals surface area contributed by atoms with Crippen LogP contribution >= 0.6 is 11.6 Å². The number of halogens is 1. The molecule has 0 saturated heterocycles. The summed E-state index contributed by atoms with van der Waals surface area (Å²) in [6, 6.07) is 12.5. The van der Waals surface area contributed by atoms with E-state index in [0.29, 0.717) is 27.8 Å².